The Morgan fingerprint density at radius 2 is 2.44 bits per heavy atom. The van der Waals surface area contributed by atoms with Crippen molar-refractivity contribution in [2.75, 3.05) is 13.2 Å². The Morgan fingerprint density at radius 1 is 1.56 bits per heavy atom. The fraction of sp³-hybridized carbons (Fsp3) is 0.583. The van der Waals surface area contributed by atoms with E-state index < -0.39 is 0 Å². The number of rotatable bonds is 3. The van der Waals surface area contributed by atoms with Gasteiger partial charge >= 0.3 is 0 Å². The van der Waals surface area contributed by atoms with Gasteiger partial charge in [0.2, 0.25) is 11.2 Å². The summed E-state index contributed by atoms with van der Waals surface area (Å²) in [5, 5.41) is 3.37. The molecule has 0 bridgehead atoms. The molecule has 4 heteroatoms. The van der Waals surface area contributed by atoms with Crippen LogP contribution in [0.5, 0.6) is 5.75 Å². The molecule has 1 aliphatic rings. The van der Waals surface area contributed by atoms with E-state index in [1.807, 2.05) is 0 Å². The Kier molecular flexibility index (Phi) is 3.62. The van der Waals surface area contributed by atoms with Gasteiger partial charge in [-0.1, -0.05) is 6.42 Å². The molecule has 1 saturated heterocycles. The Morgan fingerprint density at radius 3 is 3.12 bits per heavy atom. The molecule has 2 rings (SSSR count). The van der Waals surface area contributed by atoms with Gasteiger partial charge in [0.25, 0.3) is 0 Å². The largest absolute Gasteiger partial charge is 0.485 e. The maximum atomic E-state index is 11.5. The van der Waals surface area contributed by atoms with Crippen molar-refractivity contribution < 1.29 is 9.15 Å². The Hall–Kier alpha value is -1.29. The molecule has 4 nitrogen and oxygen atoms in total. The highest BCUT2D eigenvalue weighted by Gasteiger charge is 2.14. The van der Waals surface area contributed by atoms with Crippen LogP contribution in [0.1, 0.15) is 25.0 Å². The highest BCUT2D eigenvalue weighted by molar-refractivity contribution is 5.23. The van der Waals surface area contributed by atoms with E-state index in [9.17, 15) is 4.79 Å². The minimum Gasteiger partial charge on any atom is -0.485 e. The smallest absolute Gasteiger partial charge is 0.226 e. The molecule has 16 heavy (non-hydrogen) atoms. The summed E-state index contributed by atoms with van der Waals surface area (Å²) in [6.45, 7) is 3.32. The third kappa shape index (κ3) is 2.64. The zero-order chi connectivity index (χ0) is 11.4. The van der Waals surface area contributed by atoms with Crippen molar-refractivity contribution in [2.24, 2.45) is 0 Å². The van der Waals surface area contributed by atoms with Crippen LogP contribution >= 0.6 is 0 Å². The Balaban J connectivity index is 1.96. The maximum Gasteiger partial charge on any atom is 0.226 e. The van der Waals surface area contributed by atoms with Crippen LogP contribution in [0.3, 0.4) is 0 Å². The maximum absolute atomic E-state index is 11.5. The van der Waals surface area contributed by atoms with Crippen molar-refractivity contribution in [1.29, 1.82) is 0 Å². The second-order valence-electron chi connectivity index (χ2n) is 4.13. The topological polar surface area (TPSA) is 51.5 Å². The van der Waals surface area contributed by atoms with E-state index in [1.54, 1.807) is 6.92 Å². The minimum atomic E-state index is -0.112. The van der Waals surface area contributed by atoms with Crippen LogP contribution in [0.15, 0.2) is 21.5 Å². The van der Waals surface area contributed by atoms with Gasteiger partial charge in [-0.15, -0.1) is 0 Å². The van der Waals surface area contributed by atoms with Crippen molar-refractivity contribution in [2.45, 2.75) is 32.2 Å². The summed E-state index contributed by atoms with van der Waals surface area (Å²) in [4.78, 5) is 11.5. The van der Waals surface area contributed by atoms with Gasteiger partial charge in [-0.3, -0.25) is 4.79 Å². The molecule has 0 aromatic carbocycles. The first-order valence-electron chi connectivity index (χ1n) is 5.72. The molecule has 88 valence electrons. The molecule has 1 N–H and O–H groups in total. The summed E-state index contributed by atoms with van der Waals surface area (Å²) in [6.07, 6.45) is 4.95. The number of piperidine rings is 1. The molecular formula is C12H17NO3. The predicted octanol–water partition coefficient (Wildman–Crippen LogP) is 1.47. The van der Waals surface area contributed by atoms with E-state index in [4.69, 9.17) is 9.15 Å². The summed E-state index contributed by atoms with van der Waals surface area (Å²) < 4.78 is 10.7. The monoisotopic (exact) mass is 223 g/mol. The third-order valence-electron chi connectivity index (χ3n) is 2.85. The van der Waals surface area contributed by atoms with Gasteiger partial charge in [0.05, 0.1) is 6.26 Å². The van der Waals surface area contributed by atoms with E-state index in [0.717, 1.165) is 13.0 Å². The Bertz CT molecular complexity index is 393. The van der Waals surface area contributed by atoms with Crippen molar-refractivity contribution in [3.63, 3.8) is 0 Å². The third-order valence-corrected chi connectivity index (χ3v) is 2.85. The van der Waals surface area contributed by atoms with Crippen molar-refractivity contribution in [3.8, 4) is 5.75 Å². The van der Waals surface area contributed by atoms with Crippen molar-refractivity contribution in [3.05, 3.63) is 28.3 Å². The lowest BCUT2D eigenvalue weighted by atomic mass is 10.1. The zero-order valence-electron chi connectivity index (χ0n) is 9.49. The summed E-state index contributed by atoms with van der Waals surface area (Å²) in [7, 11) is 0. The predicted molar refractivity (Wildman–Crippen MR) is 60.9 cm³/mol. The van der Waals surface area contributed by atoms with Crippen LogP contribution in [0.4, 0.5) is 0 Å². The summed E-state index contributed by atoms with van der Waals surface area (Å²) in [6, 6.07) is 1.74. The normalized spacial score (nSPS) is 20.7. The number of ether oxygens (including phenoxy) is 1. The van der Waals surface area contributed by atoms with E-state index in [-0.39, 0.29) is 5.43 Å². The van der Waals surface area contributed by atoms with E-state index in [1.165, 1.54) is 25.2 Å². The first-order valence-corrected chi connectivity index (χ1v) is 5.72. The first-order chi connectivity index (χ1) is 7.77. The number of aryl methyl sites for hydroxylation is 1. The van der Waals surface area contributed by atoms with Gasteiger partial charge in [-0.25, -0.2) is 0 Å². The highest BCUT2D eigenvalue weighted by Crippen LogP contribution is 2.13. The molecular weight excluding hydrogens is 206 g/mol. The SMILES string of the molecule is Cc1occc(=O)c1OCC1CCCCN1. The quantitative estimate of drug-likeness (QED) is 0.843. The van der Waals surface area contributed by atoms with Crippen LogP contribution in [-0.4, -0.2) is 19.2 Å². The molecule has 1 fully saturated rings. The van der Waals surface area contributed by atoms with Gasteiger partial charge in [-0.2, -0.15) is 0 Å². The van der Waals surface area contributed by atoms with Crippen LogP contribution in [0, 0.1) is 6.92 Å². The fourth-order valence-corrected chi connectivity index (χ4v) is 1.92. The molecule has 1 atom stereocenters. The number of hydrogen-bond donors (Lipinski definition) is 1. The second kappa shape index (κ2) is 5.16. The number of hydrogen-bond acceptors (Lipinski definition) is 4. The molecule has 2 heterocycles. The molecule has 0 spiro atoms. The highest BCUT2D eigenvalue weighted by atomic mass is 16.5. The lowest BCUT2D eigenvalue weighted by Crippen LogP contribution is -2.38. The lowest BCUT2D eigenvalue weighted by Gasteiger charge is -2.23. The standard InChI is InChI=1S/C12H17NO3/c1-9-12(11(14)5-7-15-9)16-8-10-4-2-3-6-13-10/h5,7,10,13H,2-4,6,8H2,1H3. The Labute approximate surface area is 94.6 Å². The average Bonchev–Trinajstić information content (AvgIpc) is 2.30. The van der Waals surface area contributed by atoms with E-state index in [2.05, 4.69) is 5.32 Å². The van der Waals surface area contributed by atoms with E-state index in [0.29, 0.717) is 24.2 Å². The molecule has 1 aromatic heterocycles. The summed E-state index contributed by atoms with van der Waals surface area (Å²) in [5.41, 5.74) is -0.112. The molecule has 1 aliphatic heterocycles. The molecule has 0 saturated carbocycles. The van der Waals surface area contributed by atoms with Crippen molar-refractivity contribution in [1.82, 2.24) is 5.32 Å². The molecule has 1 unspecified atom stereocenters. The molecule has 0 amide bonds. The minimum absolute atomic E-state index is 0.112. The fourth-order valence-electron chi connectivity index (χ4n) is 1.92. The van der Waals surface area contributed by atoms with Crippen LogP contribution < -0.4 is 15.5 Å². The van der Waals surface area contributed by atoms with Crippen LogP contribution in [0.2, 0.25) is 0 Å². The van der Waals surface area contributed by atoms with Gasteiger partial charge < -0.3 is 14.5 Å². The molecule has 0 radical (unpaired) electrons. The average molecular weight is 223 g/mol. The van der Waals surface area contributed by atoms with Gasteiger partial charge in [-0.05, 0) is 26.3 Å². The first kappa shape index (κ1) is 11.2. The van der Waals surface area contributed by atoms with Gasteiger partial charge in [0, 0.05) is 12.1 Å². The van der Waals surface area contributed by atoms with E-state index >= 15 is 0 Å². The van der Waals surface area contributed by atoms with Crippen molar-refractivity contribution >= 4 is 0 Å². The summed E-state index contributed by atoms with van der Waals surface area (Å²) >= 11 is 0. The van der Waals surface area contributed by atoms with Gasteiger partial charge in [0.15, 0.2) is 0 Å². The van der Waals surface area contributed by atoms with Gasteiger partial charge in [0.1, 0.15) is 12.4 Å². The summed E-state index contributed by atoms with van der Waals surface area (Å²) in [5.74, 6) is 0.887. The zero-order valence-corrected chi connectivity index (χ0v) is 9.49. The van der Waals surface area contributed by atoms with Crippen LogP contribution in [0.25, 0.3) is 0 Å². The second-order valence-corrected chi connectivity index (χ2v) is 4.13. The van der Waals surface area contributed by atoms with Crippen LogP contribution in [-0.2, 0) is 0 Å². The lowest BCUT2D eigenvalue weighted by molar-refractivity contribution is 0.229. The molecule has 1 aromatic rings. The number of nitrogens with one attached hydrogen (secondary N) is 1. The molecule has 0 aliphatic carbocycles.